The van der Waals surface area contributed by atoms with Crippen LogP contribution in [0.3, 0.4) is 0 Å². The second-order valence-electron chi connectivity index (χ2n) is 7.19. The number of fused-ring (bicyclic) bond motifs is 4. The molecular formula is C24H30N2O3. The number of amides is 1. The third-order valence-corrected chi connectivity index (χ3v) is 5.95. The van der Waals surface area contributed by atoms with E-state index in [4.69, 9.17) is 9.90 Å². The van der Waals surface area contributed by atoms with Gasteiger partial charge in [0.1, 0.15) is 0 Å². The molecule has 0 aliphatic heterocycles. The number of carbonyl (C=O) groups excluding carboxylic acids is 2. The predicted octanol–water partition coefficient (Wildman–Crippen LogP) is 1.71. The minimum atomic E-state index is -0.500. The molecule has 2 aromatic carbocycles. The van der Waals surface area contributed by atoms with E-state index in [1.54, 1.807) is 7.05 Å². The lowest BCUT2D eigenvalue weighted by Gasteiger charge is -2.43. The van der Waals surface area contributed by atoms with Gasteiger partial charge in [-0.25, -0.2) is 0 Å². The summed E-state index contributed by atoms with van der Waals surface area (Å²) in [7, 11) is 3.66. The highest BCUT2D eigenvalue weighted by Gasteiger charge is 2.41. The number of carbonyl (C=O) groups is 2. The fraction of sp³-hybridized carbons (Fsp3) is 0.333. The van der Waals surface area contributed by atoms with Gasteiger partial charge in [0.2, 0.25) is 6.41 Å². The molecule has 0 heterocycles. The molecule has 3 N–H and O–H groups in total. The van der Waals surface area contributed by atoms with Crippen LogP contribution >= 0.6 is 0 Å². The van der Waals surface area contributed by atoms with E-state index >= 15 is 0 Å². The molecule has 0 bridgehead atoms. The molecule has 4 rings (SSSR count). The Labute approximate surface area is 172 Å². The van der Waals surface area contributed by atoms with Gasteiger partial charge in [0.25, 0.3) is 0 Å². The summed E-state index contributed by atoms with van der Waals surface area (Å²) < 4.78 is 0. The van der Waals surface area contributed by atoms with Crippen molar-refractivity contribution >= 4 is 25.0 Å². The maximum Gasteiger partial charge on any atom is 0.209 e. The molecule has 1 spiro atoms. The van der Waals surface area contributed by atoms with Crippen molar-refractivity contribution in [2.75, 3.05) is 14.1 Å². The molecule has 1 fully saturated rings. The van der Waals surface area contributed by atoms with E-state index in [1.165, 1.54) is 22.3 Å². The molecule has 2 aliphatic rings. The van der Waals surface area contributed by atoms with Crippen LogP contribution in [-0.2, 0) is 15.0 Å². The normalized spacial score (nSPS) is 16.0. The zero-order valence-corrected chi connectivity index (χ0v) is 17.2. The lowest BCUT2D eigenvalue weighted by Crippen LogP contribution is -2.41. The summed E-state index contributed by atoms with van der Waals surface area (Å²) in [6, 6.07) is 18.0. The van der Waals surface area contributed by atoms with Crippen LogP contribution in [0.25, 0.3) is 12.2 Å². The summed E-state index contributed by atoms with van der Waals surface area (Å²) in [5, 5.41) is 8.25. The van der Waals surface area contributed by atoms with Crippen LogP contribution in [0.4, 0.5) is 0 Å². The van der Waals surface area contributed by atoms with Crippen LogP contribution in [0.15, 0.2) is 48.5 Å². The Morgan fingerprint density at radius 2 is 1.34 bits per heavy atom. The maximum atomic E-state index is 11.1. The van der Waals surface area contributed by atoms with Gasteiger partial charge in [-0.05, 0) is 47.9 Å². The van der Waals surface area contributed by atoms with Crippen LogP contribution in [0.5, 0.6) is 0 Å². The van der Waals surface area contributed by atoms with E-state index in [0.717, 1.165) is 32.1 Å². The first-order valence-corrected chi connectivity index (χ1v) is 9.97. The zero-order valence-electron chi connectivity index (χ0n) is 17.2. The highest BCUT2D eigenvalue weighted by molar-refractivity contribution is 5.77. The van der Waals surface area contributed by atoms with Gasteiger partial charge < -0.3 is 20.5 Å². The molecule has 1 amide bonds. The Bertz CT molecular complexity index is 788. The first kappa shape index (κ1) is 22.4. The molecule has 0 atom stereocenters. The van der Waals surface area contributed by atoms with Gasteiger partial charge in [0.05, 0.1) is 7.05 Å². The summed E-state index contributed by atoms with van der Waals surface area (Å²) in [5.74, 6) is 0. The van der Waals surface area contributed by atoms with Crippen molar-refractivity contribution in [1.82, 2.24) is 4.90 Å². The third kappa shape index (κ3) is 4.57. The van der Waals surface area contributed by atoms with Crippen LogP contribution in [0, 0.1) is 0 Å². The van der Waals surface area contributed by atoms with E-state index in [2.05, 4.69) is 66.4 Å². The number of nitrogens with zero attached hydrogens (tertiary/aromatic N) is 1. The Hall–Kier alpha value is -2.92. The lowest BCUT2D eigenvalue weighted by atomic mass is 9.63. The smallest absolute Gasteiger partial charge is 0.209 e. The van der Waals surface area contributed by atoms with E-state index in [0.29, 0.717) is 6.04 Å². The molecular weight excluding hydrogens is 364 g/mol. The SMILES string of the molecule is CN(C=O)C1CCC2(CC1)c1ccccc1C=Cc1ccccc12.C[NH3+].O=C[O-]. The quantitative estimate of drug-likeness (QED) is 0.787. The molecule has 29 heavy (non-hydrogen) atoms. The minimum Gasteiger partial charge on any atom is -0.554 e. The maximum absolute atomic E-state index is 11.1. The van der Waals surface area contributed by atoms with Crippen molar-refractivity contribution in [3.8, 4) is 0 Å². The molecule has 154 valence electrons. The number of carboxylic acid groups (broad SMARTS) is 1. The van der Waals surface area contributed by atoms with E-state index in [-0.39, 0.29) is 5.41 Å². The lowest BCUT2D eigenvalue weighted by molar-refractivity contribution is -0.325. The van der Waals surface area contributed by atoms with Crippen molar-refractivity contribution in [2.24, 2.45) is 0 Å². The number of hydrogen-bond donors (Lipinski definition) is 1. The van der Waals surface area contributed by atoms with Crippen LogP contribution in [-0.4, -0.2) is 37.9 Å². The van der Waals surface area contributed by atoms with Crippen LogP contribution in [0.1, 0.15) is 47.9 Å². The second-order valence-corrected chi connectivity index (χ2v) is 7.19. The first-order valence-electron chi connectivity index (χ1n) is 9.97. The molecule has 5 nitrogen and oxygen atoms in total. The highest BCUT2D eigenvalue weighted by atomic mass is 16.3. The van der Waals surface area contributed by atoms with Gasteiger partial charge in [0, 0.05) is 25.0 Å². The van der Waals surface area contributed by atoms with Crippen molar-refractivity contribution < 1.29 is 20.4 Å². The fourth-order valence-electron chi connectivity index (χ4n) is 4.61. The van der Waals surface area contributed by atoms with E-state index < -0.39 is 6.47 Å². The summed E-state index contributed by atoms with van der Waals surface area (Å²) in [6.45, 7) is -0.500. The fourth-order valence-corrected chi connectivity index (χ4v) is 4.61. The van der Waals surface area contributed by atoms with E-state index in [9.17, 15) is 4.79 Å². The summed E-state index contributed by atoms with van der Waals surface area (Å²) in [5.41, 5.74) is 8.86. The number of hydrogen-bond acceptors (Lipinski definition) is 3. The Morgan fingerprint density at radius 3 is 1.76 bits per heavy atom. The number of benzene rings is 2. The third-order valence-electron chi connectivity index (χ3n) is 5.95. The largest absolute Gasteiger partial charge is 0.554 e. The summed E-state index contributed by atoms with van der Waals surface area (Å²) in [6.07, 6.45) is 9.77. The monoisotopic (exact) mass is 394 g/mol. The molecule has 0 aromatic heterocycles. The molecule has 0 radical (unpaired) electrons. The molecule has 5 heteroatoms. The Morgan fingerprint density at radius 1 is 0.931 bits per heavy atom. The average molecular weight is 395 g/mol. The summed E-state index contributed by atoms with van der Waals surface area (Å²) in [4.78, 5) is 21.2. The van der Waals surface area contributed by atoms with Crippen molar-refractivity contribution in [3.63, 3.8) is 0 Å². The van der Waals surface area contributed by atoms with Gasteiger partial charge in [-0.1, -0.05) is 60.7 Å². The van der Waals surface area contributed by atoms with Crippen molar-refractivity contribution in [2.45, 2.75) is 37.1 Å². The zero-order chi connectivity index (χ0) is 21.3. The predicted molar refractivity (Wildman–Crippen MR) is 114 cm³/mol. The standard InChI is InChI=1S/C22H23NO.CH5N.CH2O2/c1-23(16-24)19-12-14-22(15-13-19)20-8-4-2-6-17(20)10-11-18-7-3-5-9-21(18)22;1-2;2-1-3/h2-11,16,19H,12-15H2,1H3;2H2,1H3;1H,(H,2,3). The van der Waals surface area contributed by atoms with Gasteiger partial charge in [0.15, 0.2) is 0 Å². The van der Waals surface area contributed by atoms with Crippen molar-refractivity contribution in [3.05, 3.63) is 70.8 Å². The van der Waals surface area contributed by atoms with Gasteiger partial charge in [-0.2, -0.15) is 0 Å². The van der Waals surface area contributed by atoms with Gasteiger partial charge >= 0.3 is 0 Å². The van der Waals surface area contributed by atoms with E-state index in [1.807, 2.05) is 11.9 Å². The number of quaternary nitrogens is 1. The first-order chi connectivity index (χ1) is 14.2. The topological polar surface area (TPSA) is 88.1 Å². The van der Waals surface area contributed by atoms with Gasteiger partial charge in [-0.15, -0.1) is 0 Å². The summed E-state index contributed by atoms with van der Waals surface area (Å²) >= 11 is 0. The number of rotatable bonds is 2. The van der Waals surface area contributed by atoms with Crippen LogP contribution in [0.2, 0.25) is 0 Å². The molecule has 0 unspecified atom stereocenters. The molecule has 2 aliphatic carbocycles. The Balaban J connectivity index is 0.000000551. The molecule has 0 saturated heterocycles. The van der Waals surface area contributed by atoms with Crippen LogP contribution < -0.4 is 10.8 Å². The highest BCUT2D eigenvalue weighted by Crippen LogP contribution is 2.49. The average Bonchev–Trinajstić information content (AvgIpc) is 2.92. The molecule has 1 saturated carbocycles. The second kappa shape index (κ2) is 10.6. The minimum absolute atomic E-state index is 0.0664. The van der Waals surface area contributed by atoms with Gasteiger partial charge in [-0.3, -0.25) is 4.79 Å². The molecule has 2 aromatic rings. The Kier molecular flexibility index (Phi) is 8.16. The van der Waals surface area contributed by atoms with Crippen molar-refractivity contribution in [1.29, 1.82) is 0 Å².